The van der Waals surface area contributed by atoms with Gasteiger partial charge in [0, 0.05) is 5.56 Å². The maximum absolute atomic E-state index is 12.4. The molecule has 1 aliphatic rings. The van der Waals surface area contributed by atoms with Gasteiger partial charge in [-0.3, -0.25) is 4.79 Å². The number of carbonyl (C=O) groups is 1. The first-order chi connectivity index (χ1) is 13.4. The van der Waals surface area contributed by atoms with Crippen LogP contribution in [0.4, 0.5) is 11.4 Å². The van der Waals surface area contributed by atoms with Crippen LogP contribution < -0.4 is 10.1 Å². The van der Waals surface area contributed by atoms with E-state index in [0.717, 1.165) is 22.6 Å². The second-order valence-corrected chi connectivity index (χ2v) is 7.23. The Morgan fingerprint density at radius 3 is 2.43 bits per heavy atom. The SMILES string of the molecule is Cc1cccc(Oc2ccc(N=C3C(=O)Nc4c(C)ccc(Cl)c43)cc2)c1C. The number of halogens is 1. The van der Waals surface area contributed by atoms with Gasteiger partial charge in [0.15, 0.2) is 0 Å². The lowest BCUT2D eigenvalue weighted by Crippen LogP contribution is -2.14. The smallest absolute Gasteiger partial charge is 0.275 e. The number of hydrogen-bond donors (Lipinski definition) is 1. The van der Waals surface area contributed by atoms with Crippen molar-refractivity contribution in [3.05, 3.63) is 81.9 Å². The number of fused-ring (bicyclic) bond motifs is 1. The molecular weight excluding hydrogens is 372 g/mol. The summed E-state index contributed by atoms with van der Waals surface area (Å²) in [5, 5.41) is 3.36. The van der Waals surface area contributed by atoms with E-state index in [1.165, 1.54) is 5.56 Å². The summed E-state index contributed by atoms with van der Waals surface area (Å²) in [5.74, 6) is 1.29. The molecule has 1 N–H and O–H groups in total. The molecule has 0 bridgehead atoms. The topological polar surface area (TPSA) is 50.7 Å². The van der Waals surface area contributed by atoms with Crippen molar-refractivity contribution in [3.63, 3.8) is 0 Å². The van der Waals surface area contributed by atoms with E-state index in [4.69, 9.17) is 16.3 Å². The van der Waals surface area contributed by atoms with Gasteiger partial charge in [-0.05, 0) is 73.9 Å². The zero-order chi connectivity index (χ0) is 19.8. The molecule has 4 rings (SSSR count). The van der Waals surface area contributed by atoms with Crippen LogP contribution in [0.5, 0.6) is 11.5 Å². The van der Waals surface area contributed by atoms with E-state index in [-0.39, 0.29) is 5.91 Å². The van der Waals surface area contributed by atoms with E-state index >= 15 is 0 Å². The third-order valence-corrected chi connectivity index (χ3v) is 5.23. The minimum absolute atomic E-state index is 0.248. The van der Waals surface area contributed by atoms with E-state index in [0.29, 0.717) is 27.7 Å². The molecule has 0 unspecified atom stereocenters. The van der Waals surface area contributed by atoms with Crippen molar-refractivity contribution >= 4 is 34.6 Å². The number of nitrogens with one attached hydrogen (secondary N) is 1. The van der Waals surface area contributed by atoms with Crippen LogP contribution in [-0.2, 0) is 4.79 Å². The summed E-state index contributed by atoms with van der Waals surface area (Å²) in [6.45, 7) is 6.02. The Balaban J connectivity index is 1.63. The molecule has 1 heterocycles. The van der Waals surface area contributed by atoms with E-state index in [9.17, 15) is 4.79 Å². The molecule has 3 aromatic rings. The predicted octanol–water partition coefficient (Wildman–Crippen LogP) is 6.13. The number of benzene rings is 3. The molecule has 5 heteroatoms. The second kappa shape index (κ2) is 7.13. The number of rotatable bonds is 3. The molecule has 0 aromatic heterocycles. The Morgan fingerprint density at radius 1 is 0.929 bits per heavy atom. The van der Waals surface area contributed by atoms with E-state index in [1.54, 1.807) is 6.07 Å². The molecule has 1 aliphatic heterocycles. The van der Waals surface area contributed by atoms with Crippen molar-refractivity contribution in [1.82, 2.24) is 0 Å². The van der Waals surface area contributed by atoms with Crippen LogP contribution in [0.3, 0.4) is 0 Å². The molecule has 3 aromatic carbocycles. The third-order valence-electron chi connectivity index (χ3n) is 4.91. The van der Waals surface area contributed by atoms with Gasteiger partial charge in [0.2, 0.25) is 0 Å². The molecule has 4 nitrogen and oxygen atoms in total. The van der Waals surface area contributed by atoms with Gasteiger partial charge in [-0.25, -0.2) is 4.99 Å². The van der Waals surface area contributed by atoms with Crippen molar-refractivity contribution < 1.29 is 9.53 Å². The van der Waals surface area contributed by atoms with Gasteiger partial charge in [0.25, 0.3) is 5.91 Å². The van der Waals surface area contributed by atoms with Crippen molar-refractivity contribution in [2.45, 2.75) is 20.8 Å². The maximum atomic E-state index is 12.4. The van der Waals surface area contributed by atoms with Gasteiger partial charge in [-0.15, -0.1) is 0 Å². The van der Waals surface area contributed by atoms with Crippen molar-refractivity contribution in [2.24, 2.45) is 4.99 Å². The summed E-state index contributed by atoms with van der Waals surface area (Å²) in [6.07, 6.45) is 0. The third kappa shape index (κ3) is 3.27. The minimum Gasteiger partial charge on any atom is -0.457 e. The van der Waals surface area contributed by atoms with Gasteiger partial charge in [0.05, 0.1) is 16.4 Å². The standard InChI is InChI=1S/C23H19ClN2O2/c1-13-5-4-6-19(15(13)3)28-17-10-8-16(9-11-17)25-22-20-18(24)12-7-14(2)21(20)26-23(22)27/h4-12H,1-3H3,(H,25,26,27). The van der Waals surface area contributed by atoms with E-state index in [1.807, 2.05) is 56.3 Å². The van der Waals surface area contributed by atoms with Crippen LogP contribution in [0.2, 0.25) is 5.02 Å². The second-order valence-electron chi connectivity index (χ2n) is 6.82. The fourth-order valence-corrected chi connectivity index (χ4v) is 3.39. The van der Waals surface area contributed by atoms with Gasteiger partial charge in [-0.2, -0.15) is 0 Å². The quantitative estimate of drug-likeness (QED) is 0.584. The Morgan fingerprint density at radius 2 is 1.68 bits per heavy atom. The number of nitrogens with zero attached hydrogens (tertiary/aromatic N) is 1. The Hall–Kier alpha value is -3.11. The normalized spacial score (nSPS) is 14.1. The summed E-state index contributed by atoms with van der Waals surface area (Å²) in [7, 11) is 0. The van der Waals surface area contributed by atoms with E-state index in [2.05, 4.69) is 23.3 Å². The summed E-state index contributed by atoms with van der Waals surface area (Å²) in [6, 6.07) is 17.0. The maximum Gasteiger partial charge on any atom is 0.275 e. The van der Waals surface area contributed by atoms with Gasteiger partial charge in [-0.1, -0.05) is 29.8 Å². The first-order valence-electron chi connectivity index (χ1n) is 8.97. The van der Waals surface area contributed by atoms with Crippen LogP contribution in [0.25, 0.3) is 0 Å². The zero-order valence-electron chi connectivity index (χ0n) is 15.8. The lowest BCUT2D eigenvalue weighted by molar-refractivity contribution is -0.110. The number of ether oxygens (including phenoxy) is 1. The fourth-order valence-electron chi connectivity index (χ4n) is 3.15. The lowest BCUT2D eigenvalue weighted by Gasteiger charge is -2.10. The number of anilines is 1. The number of amides is 1. The molecular formula is C23H19ClN2O2. The number of aliphatic imine (C=N–C) groups is 1. The van der Waals surface area contributed by atoms with Gasteiger partial charge in [0.1, 0.15) is 17.2 Å². The number of carbonyl (C=O) groups excluding carboxylic acids is 1. The Kier molecular flexibility index (Phi) is 4.65. The first kappa shape index (κ1) is 18.3. The van der Waals surface area contributed by atoms with Crippen LogP contribution in [0, 0.1) is 20.8 Å². The molecule has 0 saturated heterocycles. The van der Waals surface area contributed by atoms with Crippen molar-refractivity contribution in [1.29, 1.82) is 0 Å². The molecule has 0 spiro atoms. The van der Waals surface area contributed by atoms with Crippen LogP contribution in [0.15, 0.2) is 59.6 Å². The van der Waals surface area contributed by atoms with Crippen LogP contribution in [-0.4, -0.2) is 11.6 Å². The molecule has 0 saturated carbocycles. The molecule has 0 fully saturated rings. The monoisotopic (exact) mass is 390 g/mol. The Bertz CT molecular complexity index is 1120. The van der Waals surface area contributed by atoms with Crippen molar-refractivity contribution in [2.75, 3.05) is 5.32 Å². The van der Waals surface area contributed by atoms with Crippen molar-refractivity contribution in [3.8, 4) is 11.5 Å². The summed E-state index contributed by atoms with van der Waals surface area (Å²) in [4.78, 5) is 16.9. The highest BCUT2D eigenvalue weighted by Gasteiger charge is 2.29. The molecule has 28 heavy (non-hydrogen) atoms. The summed E-state index contributed by atoms with van der Waals surface area (Å²) in [5.41, 5.74) is 5.61. The molecule has 1 amide bonds. The van der Waals surface area contributed by atoms with Gasteiger partial charge >= 0.3 is 0 Å². The lowest BCUT2D eigenvalue weighted by atomic mass is 10.1. The Labute approximate surface area is 168 Å². The largest absolute Gasteiger partial charge is 0.457 e. The molecule has 0 radical (unpaired) electrons. The number of hydrogen-bond acceptors (Lipinski definition) is 3. The highest BCUT2D eigenvalue weighted by Crippen LogP contribution is 2.35. The van der Waals surface area contributed by atoms with Crippen LogP contribution in [0.1, 0.15) is 22.3 Å². The average Bonchev–Trinajstić information content (AvgIpc) is 3.01. The highest BCUT2D eigenvalue weighted by atomic mass is 35.5. The van der Waals surface area contributed by atoms with E-state index < -0.39 is 0 Å². The molecule has 0 aliphatic carbocycles. The molecule has 140 valence electrons. The minimum atomic E-state index is -0.248. The summed E-state index contributed by atoms with van der Waals surface area (Å²) < 4.78 is 5.98. The zero-order valence-corrected chi connectivity index (χ0v) is 16.6. The highest BCUT2D eigenvalue weighted by molar-refractivity contribution is 6.57. The van der Waals surface area contributed by atoms with Crippen LogP contribution >= 0.6 is 11.6 Å². The van der Waals surface area contributed by atoms with Gasteiger partial charge < -0.3 is 10.1 Å². The average molecular weight is 391 g/mol. The fraction of sp³-hybridized carbons (Fsp3) is 0.130. The first-order valence-corrected chi connectivity index (χ1v) is 9.35. The number of aryl methyl sites for hydroxylation is 2. The predicted molar refractivity (Wildman–Crippen MR) is 113 cm³/mol. The molecule has 0 atom stereocenters. The summed E-state index contributed by atoms with van der Waals surface area (Å²) >= 11 is 6.32.